The topological polar surface area (TPSA) is 79.8 Å². The number of benzene rings is 1. The first-order valence-electron chi connectivity index (χ1n) is 7.04. The first-order chi connectivity index (χ1) is 10.2. The third kappa shape index (κ3) is 2.95. The zero-order valence-electron chi connectivity index (χ0n) is 11.8. The van der Waals surface area contributed by atoms with E-state index in [9.17, 15) is 9.59 Å². The molecule has 1 aliphatic carbocycles. The van der Waals surface area contributed by atoms with Crippen molar-refractivity contribution < 1.29 is 14.3 Å². The van der Waals surface area contributed by atoms with Crippen molar-refractivity contribution in [2.75, 3.05) is 18.5 Å². The molecule has 0 bridgehead atoms. The fourth-order valence-electron chi connectivity index (χ4n) is 2.46. The van der Waals surface area contributed by atoms with E-state index in [1.54, 1.807) is 0 Å². The van der Waals surface area contributed by atoms with E-state index in [0.717, 1.165) is 23.4 Å². The first-order valence-corrected chi connectivity index (χ1v) is 7.04. The molecule has 6 heteroatoms. The molecule has 0 aromatic heterocycles. The molecule has 21 heavy (non-hydrogen) atoms. The van der Waals surface area contributed by atoms with Crippen LogP contribution in [0.1, 0.15) is 18.9 Å². The maximum atomic E-state index is 11.5. The van der Waals surface area contributed by atoms with Gasteiger partial charge >= 0.3 is 0 Å². The van der Waals surface area contributed by atoms with Crippen LogP contribution in [0, 0.1) is 11.8 Å². The number of carbonyl (C=O) groups is 2. The summed E-state index contributed by atoms with van der Waals surface area (Å²) < 4.78 is 5.04. The standard InChI is InChI=1S/C15H17N3O3/c1-2-21-8-13(19)16-10-5-3-9(4-6-10)14-11-7-12(11)15(20)18-17-14/h3-6,11-12H,2,7-8H2,1H3,(H,16,19)(H,18,20). The van der Waals surface area contributed by atoms with E-state index >= 15 is 0 Å². The second-order valence-electron chi connectivity index (χ2n) is 5.18. The molecule has 3 rings (SSSR count). The van der Waals surface area contributed by atoms with E-state index in [4.69, 9.17) is 4.74 Å². The highest BCUT2D eigenvalue weighted by atomic mass is 16.5. The zero-order valence-corrected chi connectivity index (χ0v) is 11.8. The molecule has 1 aromatic carbocycles. The lowest BCUT2D eigenvalue weighted by Crippen LogP contribution is -2.28. The van der Waals surface area contributed by atoms with Crippen molar-refractivity contribution in [3.8, 4) is 0 Å². The van der Waals surface area contributed by atoms with Crippen LogP contribution in [0.3, 0.4) is 0 Å². The van der Waals surface area contributed by atoms with Crippen LogP contribution in [0.5, 0.6) is 0 Å². The number of anilines is 1. The van der Waals surface area contributed by atoms with Crippen molar-refractivity contribution in [2.45, 2.75) is 13.3 Å². The smallest absolute Gasteiger partial charge is 0.250 e. The highest BCUT2D eigenvalue weighted by Crippen LogP contribution is 2.43. The average Bonchev–Trinajstić information content (AvgIpc) is 3.28. The average molecular weight is 287 g/mol. The van der Waals surface area contributed by atoms with Gasteiger partial charge in [-0.1, -0.05) is 12.1 Å². The van der Waals surface area contributed by atoms with Crippen LogP contribution in [-0.4, -0.2) is 30.7 Å². The molecule has 2 unspecified atom stereocenters. The number of fused-ring (bicyclic) bond motifs is 1. The molecule has 0 saturated heterocycles. The van der Waals surface area contributed by atoms with Crippen LogP contribution in [0.15, 0.2) is 29.4 Å². The molecule has 2 atom stereocenters. The molecule has 1 saturated carbocycles. The molecule has 2 N–H and O–H groups in total. The molecular formula is C15H17N3O3. The quantitative estimate of drug-likeness (QED) is 0.852. The maximum absolute atomic E-state index is 11.5. The Morgan fingerprint density at radius 1 is 1.38 bits per heavy atom. The summed E-state index contributed by atoms with van der Waals surface area (Å²) in [6.45, 7) is 2.41. The van der Waals surface area contributed by atoms with Crippen LogP contribution in [0.2, 0.25) is 0 Å². The van der Waals surface area contributed by atoms with E-state index in [-0.39, 0.29) is 30.3 Å². The fourth-order valence-corrected chi connectivity index (χ4v) is 2.46. The molecule has 1 fully saturated rings. The second-order valence-corrected chi connectivity index (χ2v) is 5.18. The Hall–Kier alpha value is -2.21. The Kier molecular flexibility index (Phi) is 3.70. The molecule has 2 amide bonds. The van der Waals surface area contributed by atoms with E-state index in [1.807, 2.05) is 31.2 Å². The number of nitrogens with zero attached hydrogens (tertiary/aromatic N) is 1. The Labute approximate surface area is 122 Å². The molecule has 1 aliphatic heterocycles. The van der Waals surface area contributed by atoms with E-state index in [0.29, 0.717) is 6.61 Å². The lowest BCUT2D eigenvalue weighted by molar-refractivity contribution is -0.122. The predicted octanol–water partition coefficient (Wildman–Crippen LogP) is 1.13. The van der Waals surface area contributed by atoms with Crippen molar-refractivity contribution in [3.05, 3.63) is 29.8 Å². The SMILES string of the molecule is CCOCC(=O)Nc1ccc(C2=NNC(=O)C3CC23)cc1. The molecule has 1 aromatic rings. The van der Waals surface area contributed by atoms with Gasteiger partial charge in [0.05, 0.1) is 5.71 Å². The third-order valence-corrected chi connectivity index (χ3v) is 3.67. The van der Waals surface area contributed by atoms with Gasteiger partial charge in [0.1, 0.15) is 6.61 Å². The number of amides is 2. The van der Waals surface area contributed by atoms with Crippen LogP contribution < -0.4 is 10.7 Å². The summed E-state index contributed by atoms with van der Waals surface area (Å²) in [7, 11) is 0. The van der Waals surface area contributed by atoms with Gasteiger partial charge in [0, 0.05) is 24.1 Å². The van der Waals surface area contributed by atoms with Gasteiger partial charge in [-0.2, -0.15) is 5.10 Å². The van der Waals surface area contributed by atoms with E-state index in [2.05, 4.69) is 15.8 Å². The normalized spacial score (nSPS) is 22.9. The first kappa shape index (κ1) is 13.8. The van der Waals surface area contributed by atoms with E-state index in [1.165, 1.54) is 0 Å². The summed E-state index contributed by atoms with van der Waals surface area (Å²) in [6.07, 6.45) is 0.873. The zero-order chi connectivity index (χ0) is 14.8. The van der Waals surface area contributed by atoms with Crippen LogP contribution in [0.25, 0.3) is 0 Å². The van der Waals surface area contributed by atoms with Crippen molar-refractivity contribution in [1.82, 2.24) is 5.43 Å². The second kappa shape index (κ2) is 5.65. The number of nitrogens with one attached hydrogen (secondary N) is 2. The third-order valence-electron chi connectivity index (χ3n) is 3.67. The van der Waals surface area contributed by atoms with Gasteiger partial charge in [-0.15, -0.1) is 0 Å². The summed E-state index contributed by atoms with van der Waals surface area (Å²) >= 11 is 0. The number of hydrogen-bond acceptors (Lipinski definition) is 4. The van der Waals surface area contributed by atoms with Crippen molar-refractivity contribution >= 4 is 23.2 Å². The molecule has 1 heterocycles. The van der Waals surface area contributed by atoms with Crippen molar-refractivity contribution in [3.63, 3.8) is 0 Å². The lowest BCUT2D eigenvalue weighted by atomic mass is 10.0. The van der Waals surface area contributed by atoms with Crippen molar-refractivity contribution in [2.24, 2.45) is 16.9 Å². The number of carbonyl (C=O) groups excluding carboxylic acids is 2. The molecule has 6 nitrogen and oxygen atoms in total. The fraction of sp³-hybridized carbons (Fsp3) is 0.400. The monoisotopic (exact) mass is 287 g/mol. The summed E-state index contributed by atoms with van der Waals surface area (Å²) in [6, 6.07) is 7.47. The molecule has 2 aliphatic rings. The Balaban J connectivity index is 1.65. The van der Waals surface area contributed by atoms with Crippen LogP contribution in [0.4, 0.5) is 5.69 Å². The van der Waals surface area contributed by atoms with Gasteiger partial charge in [0.25, 0.3) is 0 Å². The Morgan fingerprint density at radius 3 is 2.86 bits per heavy atom. The minimum atomic E-state index is -0.172. The van der Waals surface area contributed by atoms with Gasteiger partial charge < -0.3 is 10.1 Å². The van der Waals surface area contributed by atoms with Gasteiger partial charge in [-0.25, -0.2) is 5.43 Å². The minimum absolute atomic E-state index is 0.0172. The van der Waals surface area contributed by atoms with Crippen LogP contribution in [-0.2, 0) is 14.3 Å². The van der Waals surface area contributed by atoms with Gasteiger partial charge in [-0.05, 0) is 31.0 Å². The molecule has 110 valence electrons. The summed E-state index contributed by atoms with van der Waals surface area (Å²) in [4.78, 5) is 22.9. The molecular weight excluding hydrogens is 270 g/mol. The Morgan fingerprint density at radius 2 is 2.14 bits per heavy atom. The maximum Gasteiger partial charge on any atom is 0.250 e. The van der Waals surface area contributed by atoms with E-state index < -0.39 is 0 Å². The van der Waals surface area contributed by atoms with Crippen molar-refractivity contribution in [1.29, 1.82) is 0 Å². The largest absolute Gasteiger partial charge is 0.372 e. The number of ether oxygens (including phenoxy) is 1. The predicted molar refractivity (Wildman–Crippen MR) is 77.8 cm³/mol. The number of hydrogen-bond donors (Lipinski definition) is 2. The Bertz CT molecular complexity index is 595. The highest BCUT2D eigenvalue weighted by Gasteiger charge is 2.49. The van der Waals surface area contributed by atoms with Gasteiger partial charge in [0.15, 0.2) is 0 Å². The highest BCUT2D eigenvalue weighted by molar-refractivity contribution is 6.09. The summed E-state index contributed by atoms with van der Waals surface area (Å²) in [5.41, 5.74) is 5.17. The number of rotatable bonds is 5. The van der Waals surface area contributed by atoms with Crippen LogP contribution >= 0.6 is 0 Å². The minimum Gasteiger partial charge on any atom is -0.372 e. The molecule has 0 spiro atoms. The molecule has 0 radical (unpaired) electrons. The van der Waals surface area contributed by atoms with Gasteiger partial charge in [-0.3, -0.25) is 9.59 Å². The summed E-state index contributed by atoms with van der Waals surface area (Å²) in [5, 5.41) is 6.91. The van der Waals surface area contributed by atoms with Gasteiger partial charge in [0.2, 0.25) is 11.8 Å². The summed E-state index contributed by atoms with van der Waals surface area (Å²) in [5.74, 6) is 0.179. The number of hydrazone groups is 1. The lowest BCUT2D eigenvalue weighted by Gasteiger charge is -2.12.